The van der Waals surface area contributed by atoms with Crippen LogP contribution in [0.3, 0.4) is 0 Å². The SMILES string of the molecule is [N-]=[N+]=NC1CN(Cc2ccccc2)Cc2c(F)cc(F)cc21. The third kappa shape index (κ3) is 2.93. The van der Waals surface area contributed by atoms with Crippen molar-refractivity contribution in [3.8, 4) is 0 Å². The Morgan fingerprint density at radius 3 is 2.73 bits per heavy atom. The molecule has 1 heterocycles. The van der Waals surface area contributed by atoms with E-state index in [1.807, 2.05) is 35.2 Å². The number of nitrogens with zero attached hydrogens (tertiary/aromatic N) is 4. The molecule has 0 fully saturated rings. The summed E-state index contributed by atoms with van der Waals surface area (Å²) in [6.07, 6.45) is 0. The van der Waals surface area contributed by atoms with Gasteiger partial charge >= 0.3 is 0 Å². The first-order valence-corrected chi connectivity index (χ1v) is 6.95. The molecule has 0 aliphatic carbocycles. The van der Waals surface area contributed by atoms with E-state index in [-0.39, 0.29) is 0 Å². The maximum absolute atomic E-state index is 14.1. The van der Waals surface area contributed by atoms with Gasteiger partial charge in [-0.1, -0.05) is 35.4 Å². The summed E-state index contributed by atoms with van der Waals surface area (Å²) < 4.78 is 27.5. The number of hydrogen-bond donors (Lipinski definition) is 0. The molecular formula is C16H14F2N4. The average Bonchev–Trinajstić information content (AvgIpc) is 2.50. The predicted octanol–water partition coefficient (Wildman–Crippen LogP) is 4.33. The van der Waals surface area contributed by atoms with E-state index >= 15 is 0 Å². The highest BCUT2D eigenvalue weighted by Gasteiger charge is 2.27. The summed E-state index contributed by atoms with van der Waals surface area (Å²) >= 11 is 0. The Balaban J connectivity index is 1.93. The van der Waals surface area contributed by atoms with E-state index in [9.17, 15) is 8.78 Å². The van der Waals surface area contributed by atoms with Crippen molar-refractivity contribution in [3.05, 3.63) is 81.2 Å². The minimum absolute atomic E-state index is 0.369. The van der Waals surface area contributed by atoms with Crippen LogP contribution in [0.15, 0.2) is 47.6 Å². The van der Waals surface area contributed by atoms with Crippen LogP contribution in [0.2, 0.25) is 0 Å². The molecule has 3 rings (SSSR count). The van der Waals surface area contributed by atoms with Crippen LogP contribution in [0.1, 0.15) is 22.7 Å². The van der Waals surface area contributed by atoms with Crippen LogP contribution in [-0.4, -0.2) is 11.4 Å². The molecule has 1 aliphatic heterocycles. The maximum Gasteiger partial charge on any atom is 0.130 e. The quantitative estimate of drug-likeness (QED) is 0.473. The van der Waals surface area contributed by atoms with Crippen LogP contribution < -0.4 is 0 Å². The lowest BCUT2D eigenvalue weighted by Gasteiger charge is -2.32. The standard InChI is InChI=1S/C16H14F2N4/c17-12-6-13-14(15(18)7-12)9-22(10-16(13)20-21-19)8-11-4-2-1-3-5-11/h1-7,16H,8-10H2. The topological polar surface area (TPSA) is 52.0 Å². The van der Waals surface area contributed by atoms with Crippen LogP contribution in [0.25, 0.3) is 10.4 Å². The first kappa shape index (κ1) is 14.5. The van der Waals surface area contributed by atoms with Crippen LogP contribution in [-0.2, 0) is 13.1 Å². The second-order valence-corrected chi connectivity index (χ2v) is 5.33. The molecule has 0 N–H and O–H groups in total. The number of hydrogen-bond acceptors (Lipinski definition) is 2. The van der Waals surface area contributed by atoms with Gasteiger partial charge in [0.05, 0.1) is 6.04 Å². The van der Waals surface area contributed by atoms with Gasteiger partial charge in [-0.05, 0) is 22.7 Å². The van der Waals surface area contributed by atoms with Gasteiger partial charge in [0.25, 0.3) is 0 Å². The second-order valence-electron chi connectivity index (χ2n) is 5.33. The summed E-state index contributed by atoms with van der Waals surface area (Å²) in [5.74, 6) is -1.24. The van der Waals surface area contributed by atoms with Gasteiger partial charge in [0.2, 0.25) is 0 Å². The minimum atomic E-state index is -0.647. The molecule has 0 saturated heterocycles. The molecule has 0 saturated carbocycles. The van der Waals surface area contributed by atoms with E-state index in [0.29, 0.717) is 30.8 Å². The molecule has 0 bridgehead atoms. The highest BCUT2D eigenvalue weighted by Crippen LogP contribution is 2.32. The van der Waals surface area contributed by atoms with Crippen molar-refractivity contribution < 1.29 is 8.78 Å². The van der Waals surface area contributed by atoms with Gasteiger partial charge in [-0.15, -0.1) is 0 Å². The van der Waals surface area contributed by atoms with Gasteiger partial charge in [0, 0.05) is 36.2 Å². The van der Waals surface area contributed by atoms with Crippen LogP contribution in [0.5, 0.6) is 0 Å². The number of rotatable bonds is 3. The van der Waals surface area contributed by atoms with E-state index in [0.717, 1.165) is 11.6 Å². The van der Waals surface area contributed by atoms with E-state index in [2.05, 4.69) is 10.0 Å². The van der Waals surface area contributed by atoms with Crippen LogP contribution in [0.4, 0.5) is 8.78 Å². The van der Waals surface area contributed by atoms with Crippen molar-refractivity contribution >= 4 is 0 Å². The molecule has 112 valence electrons. The van der Waals surface area contributed by atoms with Gasteiger partial charge in [-0.25, -0.2) is 8.78 Å². The largest absolute Gasteiger partial charge is 0.294 e. The van der Waals surface area contributed by atoms with E-state index in [1.54, 1.807) is 0 Å². The summed E-state index contributed by atoms with van der Waals surface area (Å²) in [6, 6.07) is 11.3. The van der Waals surface area contributed by atoms with Crippen molar-refractivity contribution in [2.24, 2.45) is 5.11 Å². The number of azide groups is 1. The Kier molecular flexibility index (Phi) is 4.04. The predicted molar refractivity (Wildman–Crippen MR) is 78.8 cm³/mol. The molecule has 6 heteroatoms. The van der Waals surface area contributed by atoms with Gasteiger partial charge < -0.3 is 0 Å². The Morgan fingerprint density at radius 1 is 1.23 bits per heavy atom. The highest BCUT2D eigenvalue weighted by molar-refractivity contribution is 5.34. The molecule has 0 amide bonds. The minimum Gasteiger partial charge on any atom is -0.294 e. The van der Waals surface area contributed by atoms with Crippen molar-refractivity contribution in [1.29, 1.82) is 0 Å². The molecule has 0 radical (unpaired) electrons. The van der Waals surface area contributed by atoms with Crippen molar-refractivity contribution in [2.75, 3.05) is 6.54 Å². The molecule has 22 heavy (non-hydrogen) atoms. The molecule has 2 aromatic carbocycles. The van der Waals surface area contributed by atoms with Gasteiger partial charge in [0.1, 0.15) is 11.6 Å². The first-order valence-electron chi connectivity index (χ1n) is 6.95. The Morgan fingerprint density at radius 2 is 2.00 bits per heavy atom. The zero-order valence-electron chi connectivity index (χ0n) is 11.8. The smallest absolute Gasteiger partial charge is 0.130 e. The lowest BCUT2D eigenvalue weighted by Crippen LogP contribution is -2.33. The summed E-state index contributed by atoms with van der Waals surface area (Å²) in [5.41, 5.74) is 10.6. The zero-order chi connectivity index (χ0) is 15.5. The fourth-order valence-electron chi connectivity index (χ4n) is 2.84. The van der Waals surface area contributed by atoms with E-state index in [1.165, 1.54) is 6.07 Å². The maximum atomic E-state index is 14.1. The Hall–Kier alpha value is -2.43. The summed E-state index contributed by atoms with van der Waals surface area (Å²) in [7, 11) is 0. The van der Waals surface area contributed by atoms with E-state index < -0.39 is 17.7 Å². The number of benzene rings is 2. The first-order chi connectivity index (χ1) is 10.7. The van der Waals surface area contributed by atoms with Gasteiger partial charge in [0.15, 0.2) is 0 Å². The van der Waals surface area contributed by atoms with Gasteiger partial charge in [-0.3, -0.25) is 4.90 Å². The molecule has 1 unspecified atom stereocenters. The summed E-state index contributed by atoms with van der Waals surface area (Å²) in [4.78, 5) is 4.81. The Labute approximate surface area is 126 Å². The molecular weight excluding hydrogens is 286 g/mol. The lowest BCUT2D eigenvalue weighted by molar-refractivity contribution is 0.218. The molecule has 0 spiro atoms. The summed E-state index contributed by atoms with van der Waals surface area (Å²) in [5, 5.41) is 3.70. The van der Waals surface area contributed by atoms with Crippen molar-refractivity contribution in [1.82, 2.24) is 4.90 Å². The Bertz CT molecular complexity index is 726. The fourth-order valence-corrected chi connectivity index (χ4v) is 2.84. The second kappa shape index (κ2) is 6.13. The third-order valence-corrected chi connectivity index (χ3v) is 3.81. The molecule has 0 aromatic heterocycles. The molecule has 1 aliphatic rings. The normalized spacial score (nSPS) is 17.6. The highest BCUT2D eigenvalue weighted by atomic mass is 19.1. The summed E-state index contributed by atoms with van der Waals surface area (Å²) in [6.45, 7) is 1.43. The van der Waals surface area contributed by atoms with Gasteiger partial charge in [-0.2, -0.15) is 0 Å². The number of halogens is 2. The van der Waals surface area contributed by atoms with Crippen LogP contribution in [0, 0.1) is 11.6 Å². The monoisotopic (exact) mass is 300 g/mol. The molecule has 4 nitrogen and oxygen atoms in total. The number of fused-ring (bicyclic) bond motifs is 1. The fraction of sp³-hybridized carbons (Fsp3) is 0.250. The third-order valence-electron chi connectivity index (χ3n) is 3.81. The van der Waals surface area contributed by atoms with Crippen LogP contribution >= 0.6 is 0 Å². The molecule has 1 atom stereocenters. The lowest BCUT2D eigenvalue weighted by atomic mass is 9.94. The van der Waals surface area contributed by atoms with E-state index in [4.69, 9.17) is 5.53 Å². The van der Waals surface area contributed by atoms with Crippen molar-refractivity contribution in [3.63, 3.8) is 0 Å². The zero-order valence-corrected chi connectivity index (χ0v) is 11.8. The van der Waals surface area contributed by atoms with Crippen molar-refractivity contribution in [2.45, 2.75) is 19.1 Å². The average molecular weight is 300 g/mol. The molecule has 2 aromatic rings.